The average molecular weight is 442 g/mol. The van der Waals surface area contributed by atoms with Gasteiger partial charge in [0.2, 0.25) is 0 Å². The Morgan fingerprint density at radius 1 is 1.17 bits per heavy atom. The summed E-state index contributed by atoms with van der Waals surface area (Å²) in [7, 11) is 0. The Labute approximate surface area is 181 Å². The van der Waals surface area contributed by atoms with Crippen LogP contribution in [0.1, 0.15) is 22.2 Å². The highest BCUT2D eigenvalue weighted by atomic mass is 35.5. The van der Waals surface area contributed by atoms with Crippen LogP contribution < -0.4 is 10.6 Å². The minimum atomic E-state index is -1.12. The van der Waals surface area contributed by atoms with Crippen molar-refractivity contribution in [2.45, 2.75) is 13.0 Å². The molecule has 1 atom stereocenters. The molecule has 3 aromatic rings. The van der Waals surface area contributed by atoms with Crippen molar-refractivity contribution in [3.05, 3.63) is 64.0 Å². The number of rotatable bonds is 6. The second-order valence-corrected chi connectivity index (χ2v) is 7.63. The summed E-state index contributed by atoms with van der Waals surface area (Å²) in [5.74, 6) is -1.88. The number of hydrogen-bond acceptors (Lipinski definition) is 6. The first kappa shape index (κ1) is 21.3. The maximum absolute atomic E-state index is 12.4. The van der Waals surface area contributed by atoms with Crippen molar-refractivity contribution in [2.75, 3.05) is 11.9 Å². The van der Waals surface area contributed by atoms with Crippen LogP contribution in [0.3, 0.4) is 0 Å². The van der Waals surface area contributed by atoms with E-state index in [9.17, 15) is 14.4 Å². The monoisotopic (exact) mass is 441 g/mol. The third kappa shape index (κ3) is 4.76. The normalized spacial score (nSPS) is 11.4. The van der Waals surface area contributed by atoms with Gasteiger partial charge in [-0.2, -0.15) is 5.26 Å². The first-order chi connectivity index (χ1) is 14.4. The van der Waals surface area contributed by atoms with E-state index in [4.69, 9.17) is 21.6 Å². The fourth-order valence-corrected chi connectivity index (χ4v) is 4.04. The van der Waals surface area contributed by atoms with E-state index in [1.807, 2.05) is 30.3 Å². The molecule has 30 heavy (non-hydrogen) atoms. The Morgan fingerprint density at radius 2 is 1.87 bits per heavy atom. The van der Waals surface area contributed by atoms with Gasteiger partial charge in [-0.15, -0.1) is 11.3 Å². The molecule has 0 saturated carbocycles. The van der Waals surface area contributed by atoms with E-state index in [1.54, 1.807) is 24.3 Å². The van der Waals surface area contributed by atoms with E-state index in [0.29, 0.717) is 15.6 Å². The number of amides is 2. The molecule has 2 amide bonds. The van der Waals surface area contributed by atoms with Crippen molar-refractivity contribution >= 4 is 56.5 Å². The van der Waals surface area contributed by atoms with Crippen molar-refractivity contribution in [1.82, 2.24) is 5.32 Å². The Bertz CT molecular complexity index is 1170. The molecule has 2 aromatic carbocycles. The Hall–Kier alpha value is -3.41. The van der Waals surface area contributed by atoms with Crippen LogP contribution in [0, 0.1) is 11.3 Å². The van der Waals surface area contributed by atoms with Gasteiger partial charge in [0.05, 0.1) is 16.3 Å². The van der Waals surface area contributed by atoms with Crippen LogP contribution in [0.25, 0.3) is 10.1 Å². The molecule has 0 unspecified atom stereocenters. The van der Waals surface area contributed by atoms with Crippen LogP contribution in [0.2, 0.25) is 5.02 Å². The first-order valence-electron chi connectivity index (χ1n) is 8.85. The van der Waals surface area contributed by atoms with E-state index < -0.39 is 30.4 Å². The number of anilines is 1. The lowest BCUT2D eigenvalue weighted by molar-refractivity contribution is -0.152. The molecule has 0 fully saturated rings. The summed E-state index contributed by atoms with van der Waals surface area (Å²) in [5, 5.41) is 15.1. The Kier molecular flexibility index (Phi) is 6.67. The van der Waals surface area contributed by atoms with E-state index in [1.165, 1.54) is 18.3 Å². The summed E-state index contributed by atoms with van der Waals surface area (Å²) in [6.45, 7) is 0.975. The zero-order valence-electron chi connectivity index (χ0n) is 15.8. The molecule has 2 N–H and O–H groups in total. The van der Waals surface area contributed by atoms with Crippen LogP contribution in [0.15, 0.2) is 48.5 Å². The predicted molar refractivity (Wildman–Crippen MR) is 115 cm³/mol. The van der Waals surface area contributed by atoms with Crippen molar-refractivity contribution in [3.8, 4) is 6.07 Å². The number of ether oxygens (including phenoxy) is 1. The number of thiophene rings is 1. The van der Waals surface area contributed by atoms with Crippen molar-refractivity contribution in [2.24, 2.45) is 0 Å². The van der Waals surface area contributed by atoms with Crippen LogP contribution in [-0.4, -0.2) is 30.4 Å². The smallest absolute Gasteiger partial charge is 0.326 e. The average Bonchev–Trinajstić information content (AvgIpc) is 3.09. The molecule has 7 nitrogen and oxygen atoms in total. The topological polar surface area (TPSA) is 108 Å². The molecule has 152 valence electrons. The minimum absolute atomic E-state index is 0.289. The Morgan fingerprint density at radius 3 is 2.60 bits per heavy atom. The van der Waals surface area contributed by atoms with Crippen LogP contribution >= 0.6 is 22.9 Å². The maximum Gasteiger partial charge on any atom is 0.326 e. The summed E-state index contributed by atoms with van der Waals surface area (Å²) >= 11 is 7.47. The molecule has 0 aliphatic carbocycles. The molecule has 0 saturated heterocycles. The number of nitrogens with one attached hydrogen (secondary N) is 2. The van der Waals surface area contributed by atoms with Gasteiger partial charge in [0.1, 0.15) is 17.5 Å². The molecule has 0 bridgehead atoms. The quantitative estimate of drug-likeness (QED) is 0.566. The van der Waals surface area contributed by atoms with Crippen LogP contribution in [0.5, 0.6) is 0 Å². The van der Waals surface area contributed by atoms with Gasteiger partial charge in [-0.05, 0) is 25.1 Å². The lowest BCUT2D eigenvalue weighted by Gasteiger charge is -2.14. The minimum Gasteiger partial charge on any atom is -0.451 e. The number of benzene rings is 2. The highest BCUT2D eigenvalue weighted by Crippen LogP contribution is 2.34. The summed E-state index contributed by atoms with van der Waals surface area (Å²) in [6.07, 6.45) is -1.12. The summed E-state index contributed by atoms with van der Waals surface area (Å²) in [4.78, 5) is 36.9. The molecule has 1 heterocycles. The maximum atomic E-state index is 12.4. The largest absolute Gasteiger partial charge is 0.451 e. The SMILES string of the molecule is C[C@H](OC(=O)CNC(=O)c1sc2ccccc2c1Cl)C(=O)Nc1ccccc1C#N. The van der Waals surface area contributed by atoms with Crippen LogP contribution in [0.4, 0.5) is 5.69 Å². The van der Waals surface area contributed by atoms with Gasteiger partial charge in [-0.25, -0.2) is 0 Å². The van der Waals surface area contributed by atoms with Crippen molar-refractivity contribution < 1.29 is 19.1 Å². The molecule has 0 aliphatic rings. The highest BCUT2D eigenvalue weighted by molar-refractivity contribution is 7.21. The molecule has 0 aliphatic heterocycles. The number of fused-ring (bicyclic) bond motifs is 1. The number of carbonyl (C=O) groups excluding carboxylic acids is 3. The molecule has 3 rings (SSSR count). The van der Waals surface area contributed by atoms with Gasteiger partial charge >= 0.3 is 5.97 Å². The number of hydrogen-bond donors (Lipinski definition) is 2. The molecular weight excluding hydrogens is 426 g/mol. The number of esters is 1. The van der Waals surface area contributed by atoms with Crippen molar-refractivity contribution in [1.29, 1.82) is 5.26 Å². The summed E-state index contributed by atoms with van der Waals surface area (Å²) < 4.78 is 5.91. The van der Waals surface area contributed by atoms with Gasteiger partial charge in [0, 0.05) is 10.1 Å². The zero-order valence-corrected chi connectivity index (χ0v) is 17.3. The molecular formula is C21H16ClN3O4S. The second kappa shape index (κ2) is 9.39. The van der Waals surface area contributed by atoms with Crippen LogP contribution in [-0.2, 0) is 14.3 Å². The lowest BCUT2D eigenvalue weighted by atomic mass is 10.2. The molecule has 1 aromatic heterocycles. The van der Waals surface area contributed by atoms with Gasteiger partial charge in [-0.1, -0.05) is 41.9 Å². The molecule has 9 heteroatoms. The predicted octanol–water partition coefficient (Wildman–Crippen LogP) is 3.73. The number of nitriles is 1. The van der Waals surface area contributed by atoms with Crippen molar-refractivity contribution in [3.63, 3.8) is 0 Å². The van der Waals surface area contributed by atoms with Gasteiger partial charge < -0.3 is 15.4 Å². The number of para-hydroxylation sites is 1. The third-order valence-corrected chi connectivity index (χ3v) is 5.79. The zero-order chi connectivity index (χ0) is 21.7. The van der Waals surface area contributed by atoms with Gasteiger partial charge in [0.25, 0.3) is 11.8 Å². The molecule has 0 spiro atoms. The van der Waals surface area contributed by atoms with Gasteiger partial charge in [0.15, 0.2) is 6.10 Å². The number of halogens is 1. The fourth-order valence-electron chi connectivity index (χ4n) is 2.61. The summed E-state index contributed by atoms with van der Waals surface area (Å²) in [5.41, 5.74) is 0.609. The second-order valence-electron chi connectivity index (χ2n) is 6.20. The summed E-state index contributed by atoms with van der Waals surface area (Å²) in [6, 6.07) is 15.7. The van der Waals surface area contributed by atoms with Gasteiger partial charge in [-0.3, -0.25) is 14.4 Å². The Balaban J connectivity index is 1.54. The molecule has 0 radical (unpaired) electrons. The van der Waals surface area contributed by atoms with E-state index in [2.05, 4.69) is 10.6 Å². The fraction of sp³-hybridized carbons (Fsp3) is 0.143. The third-order valence-electron chi connectivity index (χ3n) is 4.12. The number of carbonyl (C=O) groups is 3. The standard InChI is InChI=1S/C21H16ClN3O4S/c1-12(20(27)25-15-8-4-2-6-13(15)10-23)29-17(26)11-24-21(28)19-18(22)14-7-3-5-9-16(14)30-19/h2-9,12H,11H2,1H3,(H,24,28)(H,25,27)/t12-/m0/s1. The number of nitrogens with zero attached hydrogens (tertiary/aromatic N) is 1. The highest BCUT2D eigenvalue weighted by Gasteiger charge is 2.21. The van der Waals surface area contributed by atoms with E-state index >= 15 is 0 Å². The first-order valence-corrected chi connectivity index (χ1v) is 10.0. The van der Waals surface area contributed by atoms with E-state index in [0.717, 1.165) is 10.1 Å². The van der Waals surface area contributed by atoms with E-state index in [-0.39, 0.29) is 5.56 Å². The lowest BCUT2D eigenvalue weighted by Crippen LogP contribution is -2.35.